The highest BCUT2D eigenvalue weighted by atomic mass is 35.5. The van der Waals surface area contributed by atoms with Gasteiger partial charge in [0.05, 0.1) is 5.69 Å². The maximum absolute atomic E-state index is 5.97. The monoisotopic (exact) mass is 397 g/mol. The van der Waals surface area contributed by atoms with Gasteiger partial charge in [0.2, 0.25) is 0 Å². The molecule has 0 saturated heterocycles. The van der Waals surface area contributed by atoms with Crippen LogP contribution in [0.25, 0.3) is 0 Å². The standard InChI is InChI=1S/C23H24ClNO3/c1-18-17-19(24)11-12-22(18)27-14-13-25-21-9-5-6-10-23(21)28-16-15-26-20-7-3-2-4-8-20/h2-12,17,25H,13-16H2,1H3. The second-order valence-electron chi connectivity index (χ2n) is 6.19. The van der Waals surface area contributed by atoms with Crippen LogP contribution in [0.4, 0.5) is 5.69 Å². The molecule has 0 bridgehead atoms. The molecule has 4 nitrogen and oxygen atoms in total. The van der Waals surface area contributed by atoms with Gasteiger partial charge in [-0.25, -0.2) is 0 Å². The summed E-state index contributed by atoms with van der Waals surface area (Å²) >= 11 is 5.97. The molecule has 0 aromatic heterocycles. The highest BCUT2D eigenvalue weighted by Gasteiger charge is 2.04. The van der Waals surface area contributed by atoms with Gasteiger partial charge in [-0.05, 0) is 55.0 Å². The van der Waals surface area contributed by atoms with E-state index in [-0.39, 0.29) is 0 Å². The first-order chi connectivity index (χ1) is 13.7. The van der Waals surface area contributed by atoms with Gasteiger partial charge in [0, 0.05) is 11.6 Å². The van der Waals surface area contributed by atoms with Gasteiger partial charge in [-0.2, -0.15) is 0 Å². The fourth-order valence-electron chi connectivity index (χ4n) is 2.69. The van der Waals surface area contributed by atoms with Gasteiger partial charge < -0.3 is 19.5 Å². The van der Waals surface area contributed by atoms with E-state index in [1.165, 1.54) is 0 Å². The number of nitrogens with one attached hydrogen (secondary N) is 1. The van der Waals surface area contributed by atoms with Gasteiger partial charge >= 0.3 is 0 Å². The van der Waals surface area contributed by atoms with Gasteiger partial charge in [-0.15, -0.1) is 0 Å². The van der Waals surface area contributed by atoms with Crippen molar-refractivity contribution in [1.82, 2.24) is 0 Å². The van der Waals surface area contributed by atoms with Gasteiger partial charge in [-0.1, -0.05) is 41.9 Å². The third-order valence-corrected chi connectivity index (χ3v) is 4.29. The summed E-state index contributed by atoms with van der Waals surface area (Å²) in [5.41, 5.74) is 1.95. The Kier molecular flexibility index (Phi) is 7.44. The Morgan fingerprint density at radius 2 is 1.46 bits per heavy atom. The summed E-state index contributed by atoms with van der Waals surface area (Å²) < 4.78 is 17.3. The number of hydrogen-bond donors (Lipinski definition) is 1. The van der Waals surface area contributed by atoms with E-state index in [0.717, 1.165) is 28.5 Å². The van der Waals surface area contributed by atoms with E-state index in [0.29, 0.717) is 31.4 Å². The first-order valence-electron chi connectivity index (χ1n) is 9.25. The summed E-state index contributed by atoms with van der Waals surface area (Å²) in [6.45, 7) is 4.12. The normalized spacial score (nSPS) is 10.4. The lowest BCUT2D eigenvalue weighted by molar-refractivity contribution is 0.217. The summed E-state index contributed by atoms with van der Waals surface area (Å²) in [5.74, 6) is 2.47. The number of benzene rings is 3. The van der Waals surface area contributed by atoms with E-state index in [1.54, 1.807) is 0 Å². The van der Waals surface area contributed by atoms with Crippen LogP contribution in [-0.4, -0.2) is 26.4 Å². The average Bonchev–Trinajstić information content (AvgIpc) is 2.71. The number of aryl methyl sites for hydroxylation is 1. The topological polar surface area (TPSA) is 39.7 Å². The van der Waals surface area contributed by atoms with Crippen LogP contribution >= 0.6 is 11.6 Å². The maximum Gasteiger partial charge on any atom is 0.142 e. The van der Waals surface area contributed by atoms with Gasteiger partial charge in [0.1, 0.15) is 37.1 Å². The second-order valence-corrected chi connectivity index (χ2v) is 6.63. The van der Waals surface area contributed by atoms with E-state index < -0.39 is 0 Å². The molecule has 0 aliphatic carbocycles. The predicted octanol–water partition coefficient (Wildman–Crippen LogP) is 5.60. The lowest BCUT2D eigenvalue weighted by atomic mass is 10.2. The Labute approximate surface area is 171 Å². The van der Waals surface area contributed by atoms with Crippen molar-refractivity contribution in [3.63, 3.8) is 0 Å². The summed E-state index contributed by atoms with van der Waals surface area (Å²) in [5, 5.41) is 4.07. The molecule has 0 aliphatic heterocycles. The van der Waals surface area contributed by atoms with Crippen molar-refractivity contribution in [2.75, 3.05) is 31.7 Å². The Hall–Kier alpha value is -2.85. The molecule has 1 N–H and O–H groups in total. The molecule has 0 spiro atoms. The van der Waals surface area contributed by atoms with Crippen LogP contribution in [0.5, 0.6) is 17.2 Å². The molecule has 3 aromatic carbocycles. The van der Waals surface area contributed by atoms with Crippen molar-refractivity contribution >= 4 is 17.3 Å². The lowest BCUT2D eigenvalue weighted by Crippen LogP contribution is -2.14. The molecule has 0 unspecified atom stereocenters. The number of ether oxygens (including phenoxy) is 3. The summed E-state index contributed by atoms with van der Waals surface area (Å²) in [6.07, 6.45) is 0. The second kappa shape index (κ2) is 10.5. The molecule has 0 amide bonds. The molecule has 146 valence electrons. The number of rotatable bonds is 10. The molecule has 0 atom stereocenters. The zero-order valence-electron chi connectivity index (χ0n) is 15.9. The van der Waals surface area contributed by atoms with Crippen LogP contribution in [0.2, 0.25) is 5.02 Å². The number of halogens is 1. The van der Waals surface area contributed by atoms with Crippen molar-refractivity contribution in [2.45, 2.75) is 6.92 Å². The summed E-state index contributed by atoms with van der Waals surface area (Å²) in [6, 6.07) is 23.2. The van der Waals surface area contributed by atoms with Crippen LogP contribution in [0, 0.1) is 6.92 Å². The SMILES string of the molecule is Cc1cc(Cl)ccc1OCCNc1ccccc1OCCOc1ccccc1. The van der Waals surface area contributed by atoms with Crippen LogP contribution in [0.15, 0.2) is 72.8 Å². The van der Waals surface area contributed by atoms with Gasteiger partial charge in [0.25, 0.3) is 0 Å². The summed E-state index contributed by atoms with van der Waals surface area (Å²) in [4.78, 5) is 0. The minimum atomic E-state index is 0.466. The average molecular weight is 398 g/mol. The molecule has 0 heterocycles. The zero-order chi connectivity index (χ0) is 19.6. The first-order valence-corrected chi connectivity index (χ1v) is 9.62. The van der Waals surface area contributed by atoms with Gasteiger partial charge in [0.15, 0.2) is 0 Å². The largest absolute Gasteiger partial charge is 0.491 e. The molecule has 0 aliphatic rings. The molecule has 0 fully saturated rings. The minimum absolute atomic E-state index is 0.466. The third-order valence-electron chi connectivity index (χ3n) is 4.05. The Morgan fingerprint density at radius 1 is 0.750 bits per heavy atom. The highest BCUT2D eigenvalue weighted by molar-refractivity contribution is 6.30. The highest BCUT2D eigenvalue weighted by Crippen LogP contribution is 2.24. The fraction of sp³-hybridized carbons (Fsp3) is 0.217. The van der Waals surface area contributed by atoms with Crippen molar-refractivity contribution in [1.29, 1.82) is 0 Å². The fourth-order valence-corrected chi connectivity index (χ4v) is 2.91. The quantitative estimate of drug-likeness (QED) is 0.452. The van der Waals surface area contributed by atoms with Crippen LogP contribution < -0.4 is 19.5 Å². The summed E-state index contributed by atoms with van der Waals surface area (Å²) in [7, 11) is 0. The minimum Gasteiger partial charge on any atom is -0.491 e. The van der Waals surface area contributed by atoms with Crippen LogP contribution in [0.3, 0.4) is 0 Å². The molecule has 5 heteroatoms. The maximum atomic E-state index is 5.97. The Balaban J connectivity index is 1.43. The van der Waals surface area contributed by atoms with Gasteiger partial charge in [-0.3, -0.25) is 0 Å². The number of hydrogen-bond acceptors (Lipinski definition) is 4. The van der Waals surface area contributed by atoms with E-state index in [1.807, 2.05) is 79.7 Å². The molecule has 3 rings (SSSR count). The van der Waals surface area contributed by atoms with E-state index in [9.17, 15) is 0 Å². The Morgan fingerprint density at radius 3 is 2.29 bits per heavy atom. The number of anilines is 1. The lowest BCUT2D eigenvalue weighted by Gasteiger charge is -2.14. The molecular weight excluding hydrogens is 374 g/mol. The van der Waals surface area contributed by atoms with E-state index in [4.69, 9.17) is 25.8 Å². The van der Waals surface area contributed by atoms with Crippen LogP contribution in [-0.2, 0) is 0 Å². The first kappa shape index (κ1) is 19.9. The molecule has 0 saturated carbocycles. The smallest absolute Gasteiger partial charge is 0.142 e. The van der Waals surface area contributed by atoms with Crippen molar-refractivity contribution in [3.05, 3.63) is 83.4 Å². The predicted molar refractivity (Wildman–Crippen MR) is 114 cm³/mol. The van der Waals surface area contributed by atoms with E-state index in [2.05, 4.69) is 5.32 Å². The van der Waals surface area contributed by atoms with E-state index >= 15 is 0 Å². The molecular formula is C23H24ClNO3. The Bertz CT molecular complexity index is 871. The van der Waals surface area contributed by atoms with Crippen molar-refractivity contribution in [2.24, 2.45) is 0 Å². The van der Waals surface area contributed by atoms with Crippen molar-refractivity contribution < 1.29 is 14.2 Å². The molecule has 0 radical (unpaired) electrons. The zero-order valence-corrected chi connectivity index (χ0v) is 16.6. The van der Waals surface area contributed by atoms with Crippen LogP contribution in [0.1, 0.15) is 5.56 Å². The number of para-hydroxylation sites is 3. The molecule has 28 heavy (non-hydrogen) atoms. The third kappa shape index (κ3) is 6.10. The van der Waals surface area contributed by atoms with Crippen molar-refractivity contribution in [3.8, 4) is 17.2 Å². The molecule has 3 aromatic rings.